The molecular weight excluding hydrogens is 280 g/mol. The summed E-state index contributed by atoms with van der Waals surface area (Å²) in [6.07, 6.45) is 2.66. The zero-order valence-electron chi connectivity index (χ0n) is 9.99. The van der Waals surface area contributed by atoms with Crippen LogP contribution < -0.4 is 0 Å². The second kappa shape index (κ2) is 4.45. The maximum atomic E-state index is 10.9. The van der Waals surface area contributed by atoms with Crippen molar-refractivity contribution < 1.29 is 4.79 Å². The molecule has 0 aromatic carbocycles. The second-order valence-corrected chi connectivity index (χ2v) is 4.93. The Kier molecular flexibility index (Phi) is 3.15. The Bertz CT molecular complexity index is 587. The van der Waals surface area contributed by atoms with Gasteiger partial charge >= 0.3 is 0 Å². The minimum atomic E-state index is 0.713. The third-order valence-corrected chi connectivity index (χ3v) is 3.69. The van der Waals surface area contributed by atoms with E-state index < -0.39 is 0 Å². The summed E-state index contributed by atoms with van der Waals surface area (Å²) in [6.45, 7) is 5.92. The van der Waals surface area contributed by atoms with Gasteiger partial charge in [-0.05, 0) is 54.4 Å². The number of aryl methyl sites for hydroxylation is 2. The van der Waals surface area contributed by atoms with Crippen LogP contribution in [0.3, 0.4) is 0 Å². The minimum Gasteiger partial charge on any atom is -0.302 e. The molecule has 0 saturated heterocycles. The van der Waals surface area contributed by atoms with Gasteiger partial charge in [0.1, 0.15) is 5.82 Å². The zero-order valence-corrected chi connectivity index (χ0v) is 11.6. The van der Waals surface area contributed by atoms with Gasteiger partial charge in [-0.3, -0.25) is 4.79 Å². The smallest absolute Gasteiger partial charge is 0.151 e. The molecule has 2 rings (SSSR count). The van der Waals surface area contributed by atoms with Gasteiger partial charge in [-0.2, -0.15) is 0 Å². The Balaban J connectivity index is 2.63. The number of pyridine rings is 1. The van der Waals surface area contributed by atoms with Crippen LogP contribution in [0.2, 0.25) is 0 Å². The molecular formula is C13H13BrN2O. The van der Waals surface area contributed by atoms with Crippen molar-refractivity contribution in [1.29, 1.82) is 0 Å². The van der Waals surface area contributed by atoms with Crippen LogP contribution in [0.25, 0.3) is 5.82 Å². The molecule has 0 atom stereocenters. The van der Waals surface area contributed by atoms with Crippen LogP contribution in [-0.2, 0) is 0 Å². The number of rotatable bonds is 2. The molecule has 0 aliphatic rings. The summed E-state index contributed by atoms with van der Waals surface area (Å²) in [5.74, 6) is 0.841. The van der Waals surface area contributed by atoms with Crippen LogP contribution in [-0.4, -0.2) is 15.8 Å². The topological polar surface area (TPSA) is 34.9 Å². The predicted molar refractivity (Wildman–Crippen MR) is 70.9 cm³/mol. The van der Waals surface area contributed by atoms with Crippen LogP contribution in [0.1, 0.15) is 27.3 Å². The van der Waals surface area contributed by atoms with Crippen LogP contribution in [0, 0.1) is 20.8 Å². The summed E-state index contributed by atoms with van der Waals surface area (Å²) >= 11 is 3.43. The molecule has 0 unspecified atom stereocenters. The van der Waals surface area contributed by atoms with E-state index in [1.807, 2.05) is 37.5 Å². The van der Waals surface area contributed by atoms with Crippen molar-refractivity contribution in [3.63, 3.8) is 0 Å². The van der Waals surface area contributed by atoms with Crippen molar-refractivity contribution in [3.8, 4) is 5.82 Å². The van der Waals surface area contributed by atoms with E-state index >= 15 is 0 Å². The number of hydrogen-bond donors (Lipinski definition) is 0. The predicted octanol–water partition coefficient (Wildman–Crippen LogP) is 3.37. The molecule has 4 heteroatoms. The maximum Gasteiger partial charge on any atom is 0.151 e. The van der Waals surface area contributed by atoms with Gasteiger partial charge in [-0.25, -0.2) is 4.98 Å². The highest BCUT2D eigenvalue weighted by molar-refractivity contribution is 9.10. The van der Waals surface area contributed by atoms with Gasteiger partial charge in [0.2, 0.25) is 0 Å². The van der Waals surface area contributed by atoms with Crippen molar-refractivity contribution >= 4 is 22.2 Å². The number of carbonyl (C=O) groups is 1. The monoisotopic (exact) mass is 292 g/mol. The van der Waals surface area contributed by atoms with E-state index in [2.05, 4.69) is 20.9 Å². The lowest BCUT2D eigenvalue weighted by molar-refractivity contribution is 0.112. The molecule has 0 fully saturated rings. The summed E-state index contributed by atoms with van der Waals surface area (Å²) < 4.78 is 2.97. The van der Waals surface area contributed by atoms with Gasteiger partial charge in [0.25, 0.3) is 0 Å². The largest absolute Gasteiger partial charge is 0.302 e. The molecule has 3 nitrogen and oxygen atoms in total. The van der Waals surface area contributed by atoms with Crippen LogP contribution in [0.15, 0.2) is 22.8 Å². The molecule has 0 N–H and O–H groups in total. The number of halogens is 1. The SMILES string of the molecule is Cc1cc(-n2c(C)cc(C=O)c2C)ncc1Br. The summed E-state index contributed by atoms with van der Waals surface area (Å²) in [6, 6.07) is 3.88. The summed E-state index contributed by atoms with van der Waals surface area (Å²) in [5, 5.41) is 0. The number of nitrogens with zero attached hydrogens (tertiary/aromatic N) is 2. The van der Waals surface area contributed by atoms with Gasteiger partial charge in [-0.1, -0.05) is 0 Å². The molecule has 0 radical (unpaired) electrons. The van der Waals surface area contributed by atoms with E-state index in [4.69, 9.17) is 0 Å². The Morgan fingerprint density at radius 2 is 2.00 bits per heavy atom. The van der Waals surface area contributed by atoms with Gasteiger partial charge < -0.3 is 4.57 Å². The molecule has 17 heavy (non-hydrogen) atoms. The Hall–Kier alpha value is -1.42. The molecule has 0 amide bonds. The number of aromatic nitrogens is 2. The highest BCUT2D eigenvalue weighted by atomic mass is 79.9. The van der Waals surface area contributed by atoms with Gasteiger partial charge in [0.05, 0.1) is 0 Å². The van der Waals surface area contributed by atoms with E-state index in [1.54, 1.807) is 6.20 Å². The molecule has 0 spiro atoms. The molecule has 2 aromatic heterocycles. The first-order valence-corrected chi connectivity index (χ1v) is 6.10. The van der Waals surface area contributed by atoms with E-state index in [0.717, 1.165) is 33.5 Å². The second-order valence-electron chi connectivity index (χ2n) is 4.07. The van der Waals surface area contributed by atoms with E-state index in [-0.39, 0.29) is 0 Å². The Morgan fingerprint density at radius 3 is 2.53 bits per heavy atom. The quantitative estimate of drug-likeness (QED) is 0.796. The summed E-state index contributed by atoms with van der Waals surface area (Å²) in [4.78, 5) is 15.3. The fourth-order valence-corrected chi connectivity index (χ4v) is 2.12. The van der Waals surface area contributed by atoms with Crippen LogP contribution >= 0.6 is 15.9 Å². The molecule has 88 valence electrons. The molecule has 2 aromatic rings. The van der Waals surface area contributed by atoms with E-state index in [0.29, 0.717) is 5.56 Å². The van der Waals surface area contributed by atoms with Gasteiger partial charge in [0, 0.05) is 27.6 Å². The Morgan fingerprint density at radius 1 is 1.29 bits per heavy atom. The van der Waals surface area contributed by atoms with Crippen LogP contribution in [0.5, 0.6) is 0 Å². The first-order chi connectivity index (χ1) is 8.04. The average Bonchev–Trinajstić information content (AvgIpc) is 2.58. The number of carbonyl (C=O) groups excluding carboxylic acids is 1. The lowest BCUT2D eigenvalue weighted by atomic mass is 10.3. The van der Waals surface area contributed by atoms with Crippen molar-refractivity contribution in [2.45, 2.75) is 20.8 Å². The fraction of sp³-hybridized carbons (Fsp3) is 0.231. The average molecular weight is 293 g/mol. The normalized spacial score (nSPS) is 10.6. The van der Waals surface area contributed by atoms with Gasteiger partial charge in [0.15, 0.2) is 6.29 Å². The van der Waals surface area contributed by atoms with Crippen molar-refractivity contribution in [3.05, 3.63) is 45.3 Å². The van der Waals surface area contributed by atoms with Crippen molar-refractivity contribution in [2.75, 3.05) is 0 Å². The van der Waals surface area contributed by atoms with Crippen molar-refractivity contribution in [1.82, 2.24) is 9.55 Å². The lowest BCUT2D eigenvalue weighted by Crippen LogP contribution is -2.02. The summed E-state index contributed by atoms with van der Waals surface area (Å²) in [7, 11) is 0. The number of hydrogen-bond acceptors (Lipinski definition) is 2. The highest BCUT2D eigenvalue weighted by Crippen LogP contribution is 2.21. The molecule has 0 bridgehead atoms. The first-order valence-electron chi connectivity index (χ1n) is 5.31. The molecule has 0 aliphatic carbocycles. The first kappa shape index (κ1) is 12.0. The third kappa shape index (κ3) is 2.05. The molecule has 2 heterocycles. The van der Waals surface area contributed by atoms with Crippen molar-refractivity contribution in [2.24, 2.45) is 0 Å². The van der Waals surface area contributed by atoms with Crippen LogP contribution in [0.4, 0.5) is 0 Å². The number of aldehydes is 1. The lowest BCUT2D eigenvalue weighted by Gasteiger charge is -2.09. The summed E-state index contributed by atoms with van der Waals surface area (Å²) in [5.41, 5.74) is 3.77. The molecule has 0 aliphatic heterocycles. The van der Waals surface area contributed by atoms with E-state index in [9.17, 15) is 4.79 Å². The minimum absolute atomic E-state index is 0.713. The zero-order chi connectivity index (χ0) is 12.6. The van der Waals surface area contributed by atoms with Gasteiger partial charge in [-0.15, -0.1) is 0 Å². The Labute approximate surface area is 109 Å². The maximum absolute atomic E-state index is 10.9. The highest BCUT2D eigenvalue weighted by Gasteiger charge is 2.11. The third-order valence-electron chi connectivity index (χ3n) is 2.86. The van der Waals surface area contributed by atoms with E-state index in [1.165, 1.54) is 0 Å². The fourth-order valence-electron chi connectivity index (χ4n) is 1.91. The standard InChI is InChI=1S/C13H13BrN2O/c1-8-4-13(15-6-12(8)14)16-9(2)5-11(7-17)10(16)3/h4-7H,1-3H3. The molecule has 0 saturated carbocycles.